The Morgan fingerprint density at radius 3 is 2.33 bits per heavy atom. The lowest BCUT2D eigenvalue weighted by atomic mass is 10.2. The van der Waals surface area contributed by atoms with Crippen LogP contribution in [-0.4, -0.2) is 33.2 Å². The Morgan fingerprint density at radius 2 is 1.64 bits per heavy atom. The molecule has 0 aliphatic rings. The van der Waals surface area contributed by atoms with Crippen LogP contribution in [0.5, 0.6) is 0 Å². The third kappa shape index (κ3) is 7.37. The number of carbonyl (C=O) groups excluding carboxylic acids is 1. The molecule has 0 bridgehead atoms. The van der Waals surface area contributed by atoms with Gasteiger partial charge in [-0.25, -0.2) is 8.42 Å². The van der Waals surface area contributed by atoms with Gasteiger partial charge >= 0.3 is 0 Å². The predicted octanol–water partition coefficient (Wildman–Crippen LogP) is 4.94. The lowest BCUT2D eigenvalue weighted by molar-refractivity contribution is -0.119. The molecule has 0 atom stereocenters. The summed E-state index contributed by atoms with van der Waals surface area (Å²) < 4.78 is 27.8. The fourth-order valence-electron chi connectivity index (χ4n) is 3.33. The number of para-hydroxylation sites is 1. The highest BCUT2D eigenvalue weighted by Crippen LogP contribution is 2.23. The van der Waals surface area contributed by atoms with Crippen LogP contribution in [-0.2, 0) is 20.6 Å². The molecule has 0 fully saturated rings. The normalized spacial score (nSPS) is 11.2. The summed E-state index contributed by atoms with van der Waals surface area (Å²) in [7, 11) is -3.87. The van der Waals surface area contributed by atoms with Crippen LogP contribution < -0.4 is 9.62 Å². The monoisotopic (exact) mass is 482 g/mol. The third-order valence-electron chi connectivity index (χ3n) is 5.08. The molecule has 33 heavy (non-hydrogen) atoms. The van der Waals surface area contributed by atoms with Crippen molar-refractivity contribution >= 4 is 33.4 Å². The zero-order valence-corrected chi connectivity index (χ0v) is 20.7. The first-order valence-electron chi connectivity index (χ1n) is 10.9. The molecule has 7 heteroatoms. The van der Waals surface area contributed by atoms with Gasteiger partial charge in [-0.1, -0.05) is 65.7 Å². The van der Waals surface area contributed by atoms with Crippen molar-refractivity contribution in [3.8, 4) is 0 Å². The second-order valence-electron chi connectivity index (χ2n) is 7.91. The van der Waals surface area contributed by atoms with Crippen LogP contribution in [0.3, 0.4) is 0 Å². The molecule has 0 aliphatic heterocycles. The number of nitrogens with zero attached hydrogens (tertiary/aromatic N) is 1. The lowest BCUT2D eigenvalue weighted by Crippen LogP contribution is -2.41. The molecule has 1 amide bonds. The molecule has 0 heterocycles. The lowest BCUT2D eigenvalue weighted by Gasteiger charge is -2.24. The maximum atomic E-state index is 13.3. The highest BCUT2D eigenvalue weighted by Gasteiger charge is 2.26. The van der Waals surface area contributed by atoms with Crippen molar-refractivity contribution < 1.29 is 13.2 Å². The molecule has 1 N–H and O–H groups in total. The van der Waals surface area contributed by atoms with Gasteiger partial charge in [0.25, 0.3) is 10.0 Å². The SMILES string of the molecule is Cc1ccc(S(=O)(=O)N(CC(=O)NCCCSCc2cccc(C)c2)c2ccccc2)cc1. The Labute approximate surface area is 201 Å². The summed E-state index contributed by atoms with van der Waals surface area (Å²) >= 11 is 1.82. The standard InChI is InChI=1S/C26H30N2O3S2/c1-21-12-14-25(15-13-21)33(30,31)28(24-10-4-3-5-11-24)19-26(29)27-16-7-17-32-20-23-9-6-8-22(2)18-23/h3-6,8-15,18H,7,16-17,19-20H2,1-2H3,(H,27,29). The van der Waals surface area contributed by atoms with E-state index in [2.05, 4.69) is 36.5 Å². The van der Waals surface area contributed by atoms with E-state index in [1.807, 2.05) is 24.8 Å². The van der Waals surface area contributed by atoms with Gasteiger partial charge in [0.1, 0.15) is 6.54 Å². The minimum absolute atomic E-state index is 0.164. The van der Waals surface area contributed by atoms with Crippen LogP contribution in [0.25, 0.3) is 0 Å². The number of thioether (sulfide) groups is 1. The Balaban J connectivity index is 1.55. The Morgan fingerprint density at radius 1 is 0.909 bits per heavy atom. The van der Waals surface area contributed by atoms with Crippen LogP contribution in [0.4, 0.5) is 5.69 Å². The molecule has 0 spiro atoms. The van der Waals surface area contributed by atoms with E-state index in [4.69, 9.17) is 0 Å². The number of hydrogen-bond donors (Lipinski definition) is 1. The average molecular weight is 483 g/mol. The summed E-state index contributed by atoms with van der Waals surface area (Å²) in [5.74, 6) is 1.53. The molecule has 0 saturated heterocycles. The third-order valence-corrected chi connectivity index (χ3v) is 7.98. The van der Waals surface area contributed by atoms with Gasteiger partial charge < -0.3 is 5.32 Å². The number of hydrogen-bond acceptors (Lipinski definition) is 4. The van der Waals surface area contributed by atoms with Gasteiger partial charge in [0.15, 0.2) is 0 Å². The number of rotatable bonds is 11. The second kappa shape index (κ2) is 11.9. The van der Waals surface area contributed by atoms with Gasteiger partial charge in [0.2, 0.25) is 5.91 Å². The molecule has 0 aromatic heterocycles. The van der Waals surface area contributed by atoms with E-state index in [0.717, 1.165) is 23.5 Å². The Hall–Kier alpha value is -2.77. The van der Waals surface area contributed by atoms with Gasteiger partial charge in [0.05, 0.1) is 10.6 Å². The number of carbonyl (C=O) groups is 1. The highest BCUT2D eigenvalue weighted by molar-refractivity contribution is 7.98. The van der Waals surface area contributed by atoms with E-state index in [9.17, 15) is 13.2 Å². The topological polar surface area (TPSA) is 66.5 Å². The molecule has 3 aromatic rings. The first kappa shape index (κ1) is 24.9. The molecule has 0 saturated carbocycles. The molecule has 5 nitrogen and oxygen atoms in total. The first-order valence-corrected chi connectivity index (χ1v) is 13.5. The van der Waals surface area contributed by atoms with E-state index < -0.39 is 10.0 Å². The van der Waals surface area contributed by atoms with Crippen molar-refractivity contribution in [2.45, 2.75) is 30.9 Å². The number of anilines is 1. The van der Waals surface area contributed by atoms with Gasteiger partial charge in [-0.05, 0) is 55.9 Å². The summed E-state index contributed by atoms with van der Waals surface area (Å²) in [6, 6.07) is 23.8. The number of sulfonamides is 1. The fraction of sp³-hybridized carbons (Fsp3) is 0.269. The molecular formula is C26H30N2O3S2. The number of benzene rings is 3. The molecule has 0 aliphatic carbocycles. The van der Waals surface area contributed by atoms with Crippen molar-refractivity contribution in [2.24, 2.45) is 0 Å². The Bertz CT molecular complexity index is 1150. The summed E-state index contributed by atoms with van der Waals surface area (Å²) in [5, 5.41) is 2.86. The fourth-order valence-corrected chi connectivity index (χ4v) is 5.66. The summed E-state index contributed by atoms with van der Waals surface area (Å²) in [5.41, 5.74) is 3.98. The first-order chi connectivity index (χ1) is 15.9. The number of amides is 1. The van der Waals surface area contributed by atoms with Crippen molar-refractivity contribution in [2.75, 3.05) is 23.1 Å². The summed E-state index contributed by atoms with van der Waals surface area (Å²) in [4.78, 5) is 12.8. The van der Waals surface area contributed by atoms with Crippen molar-refractivity contribution in [3.63, 3.8) is 0 Å². The molecular weight excluding hydrogens is 452 g/mol. The number of nitrogens with one attached hydrogen (secondary N) is 1. The quantitative estimate of drug-likeness (QED) is 0.393. The molecule has 0 unspecified atom stereocenters. The van der Waals surface area contributed by atoms with Crippen LogP contribution in [0.1, 0.15) is 23.1 Å². The largest absolute Gasteiger partial charge is 0.354 e. The smallest absolute Gasteiger partial charge is 0.264 e. The van der Waals surface area contributed by atoms with Crippen LogP contribution in [0.2, 0.25) is 0 Å². The van der Waals surface area contributed by atoms with E-state index >= 15 is 0 Å². The minimum atomic E-state index is -3.87. The van der Waals surface area contributed by atoms with Crippen molar-refractivity contribution in [1.82, 2.24) is 5.32 Å². The van der Waals surface area contributed by atoms with Gasteiger partial charge in [-0.2, -0.15) is 11.8 Å². The zero-order chi connectivity index (χ0) is 23.7. The Kier molecular flexibility index (Phi) is 8.97. The zero-order valence-electron chi connectivity index (χ0n) is 19.0. The van der Waals surface area contributed by atoms with Gasteiger partial charge in [-0.3, -0.25) is 9.10 Å². The highest BCUT2D eigenvalue weighted by atomic mass is 32.2. The average Bonchev–Trinajstić information content (AvgIpc) is 2.80. The van der Waals surface area contributed by atoms with Gasteiger partial charge in [0, 0.05) is 12.3 Å². The van der Waals surface area contributed by atoms with E-state index in [-0.39, 0.29) is 17.3 Å². The van der Waals surface area contributed by atoms with E-state index in [0.29, 0.717) is 12.2 Å². The van der Waals surface area contributed by atoms with Gasteiger partial charge in [-0.15, -0.1) is 0 Å². The van der Waals surface area contributed by atoms with Crippen LogP contribution in [0.15, 0.2) is 83.8 Å². The summed E-state index contributed by atoms with van der Waals surface area (Å²) in [6.45, 7) is 4.23. The van der Waals surface area contributed by atoms with E-state index in [1.54, 1.807) is 48.5 Å². The maximum absolute atomic E-state index is 13.3. The minimum Gasteiger partial charge on any atom is -0.354 e. The second-order valence-corrected chi connectivity index (χ2v) is 10.9. The van der Waals surface area contributed by atoms with Crippen molar-refractivity contribution in [1.29, 1.82) is 0 Å². The molecule has 3 aromatic carbocycles. The van der Waals surface area contributed by atoms with Crippen molar-refractivity contribution in [3.05, 3.63) is 95.6 Å². The number of aryl methyl sites for hydroxylation is 2. The van der Waals surface area contributed by atoms with Crippen LogP contribution in [0, 0.1) is 13.8 Å². The predicted molar refractivity (Wildman–Crippen MR) is 137 cm³/mol. The maximum Gasteiger partial charge on any atom is 0.264 e. The summed E-state index contributed by atoms with van der Waals surface area (Å²) in [6.07, 6.45) is 0.818. The van der Waals surface area contributed by atoms with Crippen LogP contribution >= 0.6 is 11.8 Å². The molecule has 0 radical (unpaired) electrons. The van der Waals surface area contributed by atoms with E-state index in [1.165, 1.54) is 15.4 Å². The molecule has 174 valence electrons. The molecule has 3 rings (SSSR count).